The highest BCUT2D eigenvalue weighted by Crippen LogP contribution is 2.44. The summed E-state index contributed by atoms with van der Waals surface area (Å²) in [6.45, 7) is 0.369. The highest BCUT2D eigenvalue weighted by Gasteiger charge is 2.42. The van der Waals surface area contributed by atoms with Gasteiger partial charge in [0.15, 0.2) is 0 Å². The summed E-state index contributed by atoms with van der Waals surface area (Å²) in [6.07, 6.45) is 4.68. The van der Waals surface area contributed by atoms with Crippen LogP contribution in [0.3, 0.4) is 0 Å². The lowest BCUT2D eigenvalue weighted by atomic mass is 10.1. The third-order valence-electron chi connectivity index (χ3n) is 3.99. The molecule has 2 N–H and O–H groups in total. The van der Waals surface area contributed by atoms with Crippen LogP contribution < -0.4 is 5.32 Å². The molecule has 22 heavy (non-hydrogen) atoms. The molecule has 2 aromatic rings. The van der Waals surface area contributed by atoms with Gasteiger partial charge in [0.25, 0.3) is 11.7 Å². The van der Waals surface area contributed by atoms with E-state index in [0.717, 1.165) is 18.5 Å². The molecule has 0 unspecified atom stereocenters. The molecule has 0 spiro atoms. The summed E-state index contributed by atoms with van der Waals surface area (Å²) in [5, 5.41) is 15.9. The molecule has 1 aliphatic rings. The van der Waals surface area contributed by atoms with E-state index in [0.29, 0.717) is 6.54 Å². The van der Waals surface area contributed by atoms with Crippen molar-refractivity contribution in [3.05, 3.63) is 48.3 Å². The number of hydrogen-bond acceptors (Lipinski definition) is 4. The Labute approximate surface area is 127 Å². The van der Waals surface area contributed by atoms with Gasteiger partial charge >= 0.3 is 0 Å². The first-order valence-electron chi connectivity index (χ1n) is 7.17. The van der Waals surface area contributed by atoms with E-state index in [9.17, 15) is 14.7 Å². The van der Waals surface area contributed by atoms with Gasteiger partial charge < -0.3 is 10.4 Å². The molecule has 6 nitrogen and oxygen atoms in total. The van der Waals surface area contributed by atoms with Gasteiger partial charge in [0, 0.05) is 18.2 Å². The van der Waals surface area contributed by atoms with Crippen LogP contribution >= 0.6 is 0 Å². The fourth-order valence-electron chi connectivity index (χ4n) is 2.21. The number of nitrogens with zero attached hydrogens (tertiary/aromatic N) is 2. The van der Waals surface area contributed by atoms with Crippen LogP contribution in [0.1, 0.15) is 23.2 Å². The predicted octanol–water partition coefficient (Wildman–Crippen LogP) is 0.944. The predicted molar refractivity (Wildman–Crippen MR) is 79.7 cm³/mol. The van der Waals surface area contributed by atoms with Crippen LogP contribution in [0, 0.1) is 5.41 Å². The van der Waals surface area contributed by atoms with E-state index >= 15 is 0 Å². The molecular weight excluding hydrogens is 282 g/mol. The number of aromatic nitrogens is 2. The van der Waals surface area contributed by atoms with Crippen LogP contribution in [0.4, 0.5) is 0 Å². The van der Waals surface area contributed by atoms with Crippen LogP contribution in [0.15, 0.2) is 42.7 Å². The molecule has 114 valence electrons. The van der Waals surface area contributed by atoms with Crippen molar-refractivity contribution in [3.63, 3.8) is 0 Å². The van der Waals surface area contributed by atoms with Crippen molar-refractivity contribution in [1.29, 1.82) is 0 Å². The molecule has 3 rings (SSSR count). The van der Waals surface area contributed by atoms with Crippen molar-refractivity contribution < 1.29 is 14.7 Å². The average molecular weight is 299 g/mol. The molecule has 0 atom stereocenters. The Morgan fingerprint density at radius 1 is 1.27 bits per heavy atom. The number of rotatable bonds is 6. The van der Waals surface area contributed by atoms with Gasteiger partial charge in [-0.25, -0.2) is 4.68 Å². The molecule has 1 heterocycles. The zero-order chi connectivity index (χ0) is 15.6. The first-order chi connectivity index (χ1) is 10.6. The van der Waals surface area contributed by atoms with Crippen molar-refractivity contribution in [2.24, 2.45) is 5.41 Å². The van der Waals surface area contributed by atoms with Gasteiger partial charge in [-0.05, 0) is 25.0 Å². The maximum Gasteiger partial charge on any atom is 0.292 e. The molecule has 0 saturated heterocycles. The number of ketones is 1. The first-order valence-corrected chi connectivity index (χ1v) is 7.17. The normalized spacial score (nSPS) is 15.3. The van der Waals surface area contributed by atoms with Crippen molar-refractivity contribution in [1.82, 2.24) is 15.1 Å². The number of carbonyl (C=O) groups is 2. The highest BCUT2D eigenvalue weighted by molar-refractivity contribution is 6.42. The number of benzene rings is 1. The summed E-state index contributed by atoms with van der Waals surface area (Å²) < 4.78 is 1.55. The molecule has 0 bridgehead atoms. The Hall–Kier alpha value is -2.47. The molecule has 1 aromatic carbocycles. The molecule has 1 amide bonds. The first kappa shape index (κ1) is 14.5. The van der Waals surface area contributed by atoms with Crippen LogP contribution in [0.5, 0.6) is 0 Å². The molecule has 1 aromatic heterocycles. The average Bonchev–Trinajstić information content (AvgIpc) is 3.19. The summed E-state index contributed by atoms with van der Waals surface area (Å²) in [5.74, 6) is -1.27. The topological polar surface area (TPSA) is 84.2 Å². The number of aliphatic hydroxyl groups is 1. The van der Waals surface area contributed by atoms with E-state index in [1.165, 1.54) is 12.4 Å². The number of carbonyl (C=O) groups excluding carboxylic acids is 2. The van der Waals surface area contributed by atoms with Gasteiger partial charge in [0.05, 0.1) is 24.1 Å². The summed E-state index contributed by atoms with van der Waals surface area (Å²) in [7, 11) is 0. The number of para-hydroxylation sites is 1. The van der Waals surface area contributed by atoms with Gasteiger partial charge in [0.1, 0.15) is 0 Å². The van der Waals surface area contributed by atoms with Gasteiger partial charge in [-0.15, -0.1) is 0 Å². The Morgan fingerprint density at radius 3 is 2.64 bits per heavy atom. The minimum atomic E-state index is -0.660. The maximum atomic E-state index is 12.1. The standard InChI is InChI=1S/C16H17N3O3/c20-11-16(6-7-16)10-17-15(22)14(21)12-8-18-19(9-12)13-4-2-1-3-5-13/h1-5,8-9,20H,6-7,10-11H2,(H,17,22). The molecular formula is C16H17N3O3. The van der Waals surface area contributed by atoms with Crippen molar-refractivity contribution in [2.75, 3.05) is 13.2 Å². The molecule has 1 fully saturated rings. The van der Waals surface area contributed by atoms with Crippen molar-refractivity contribution in [3.8, 4) is 5.69 Å². The van der Waals surface area contributed by atoms with Crippen molar-refractivity contribution in [2.45, 2.75) is 12.8 Å². The Morgan fingerprint density at radius 2 is 2.00 bits per heavy atom. The van der Waals surface area contributed by atoms with Crippen LogP contribution in [0.2, 0.25) is 0 Å². The van der Waals surface area contributed by atoms with Gasteiger partial charge in [-0.2, -0.15) is 5.10 Å². The second-order valence-electron chi connectivity index (χ2n) is 5.68. The largest absolute Gasteiger partial charge is 0.396 e. The molecule has 6 heteroatoms. The van der Waals surface area contributed by atoms with Gasteiger partial charge in [-0.3, -0.25) is 9.59 Å². The van der Waals surface area contributed by atoms with Crippen molar-refractivity contribution >= 4 is 11.7 Å². The summed E-state index contributed by atoms with van der Waals surface area (Å²) in [5.41, 5.74) is 0.846. The summed E-state index contributed by atoms with van der Waals surface area (Å²) in [6, 6.07) is 9.35. The number of Topliss-reactive ketones (excluding diaryl/α,β-unsaturated/α-hetero) is 1. The molecule has 0 radical (unpaired) electrons. The molecule has 1 saturated carbocycles. The quantitative estimate of drug-likeness (QED) is 0.614. The number of hydrogen-bond donors (Lipinski definition) is 2. The minimum Gasteiger partial charge on any atom is -0.396 e. The zero-order valence-electron chi connectivity index (χ0n) is 12.0. The molecule has 0 aliphatic heterocycles. The van der Waals surface area contributed by atoms with Gasteiger partial charge in [-0.1, -0.05) is 18.2 Å². The summed E-state index contributed by atoms with van der Waals surface area (Å²) >= 11 is 0. The Balaban J connectivity index is 1.65. The van der Waals surface area contributed by atoms with E-state index in [1.54, 1.807) is 4.68 Å². The van der Waals surface area contributed by atoms with E-state index in [2.05, 4.69) is 10.4 Å². The lowest BCUT2D eigenvalue weighted by Crippen LogP contribution is -2.36. The second kappa shape index (κ2) is 5.73. The summed E-state index contributed by atoms with van der Waals surface area (Å²) in [4.78, 5) is 24.0. The monoisotopic (exact) mass is 299 g/mol. The minimum absolute atomic E-state index is 0.0351. The zero-order valence-corrected chi connectivity index (χ0v) is 12.0. The number of aliphatic hydroxyl groups excluding tert-OH is 1. The Bertz CT molecular complexity index is 690. The van der Waals surface area contributed by atoms with E-state index < -0.39 is 11.7 Å². The number of amides is 1. The fourth-order valence-corrected chi connectivity index (χ4v) is 2.21. The second-order valence-corrected chi connectivity index (χ2v) is 5.68. The lowest BCUT2D eigenvalue weighted by Gasteiger charge is -2.11. The van der Waals surface area contributed by atoms with E-state index in [1.807, 2.05) is 30.3 Å². The maximum absolute atomic E-state index is 12.1. The van der Waals surface area contributed by atoms with Crippen LogP contribution in [-0.4, -0.2) is 39.7 Å². The molecule has 1 aliphatic carbocycles. The highest BCUT2D eigenvalue weighted by atomic mass is 16.3. The third-order valence-corrected chi connectivity index (χ3v) is 3.99. The van der Waals surface area contributed by atoms with E-state index in [4.69, 9.17) is 0 Å². The smallest absolute Gasteiger partial charge is 0.292 e. The third kappa shape index (κ3) is 2.92. The fraction of sp³-hybridized carbons (Fsp3) is 0.312. The van der Waals surface area contributed by atoms with Crippen LogP contribution in [0.25, 0.3) is 5.69 Å². The number of nitrogens with one attached hydrogen (secondary N) is 1. The Kier molecular flexibility index (Phi) is 3.77. The van der Waals surface area contributed by atoms with E-state index in [-0.39, 0.29) is 17.6 Å². The van der Waals surface area contributed by atoms with Crippen LogP contribution in [-0.2, 0) is 4.79 Å². The lowest BCUT2D eigenvalue weighted by molar-refractivity contribution is -0.117. The SMILES string of the molecule is O=C(NCC1(CO)CC1)C(=O)c1cnn(-c2ccccc2)c1. The van der Waals surface area contributed by atoms with Gasteiger partial charge in [0.2, 0.25) is 0 Å².